The average Bonchev–Trinajstić information content (AvgIpc) is 2.41. The second kappa shape index (κ2) is 7.30. The maximum atomic E-state index is 6.18. The molecule has 0 radical (unpaired) electrons. The molecule has 2 aromatic rings. The highest BCUT2D eigenvalue weighted by atomic mass is 79.9. The summed E-state index contributed by atoms with van der Waals surface area (Å²) in [5.74, 6) is 0.860. The van der Waals surface area contributed by atoms with Gasteiger partial charge < -0.3 is 10.1 Å². The maximum Gasteiger partial charge on any atom is 0.133 e. The third kappa shape index (κ3) is 4.00. The minimum absolute atomic E-state index is 0.0920. The Hall–Kier alpha value is -1.03. The normalized spacial score (nSPS) is 12.2. The van der Waals surface area contributed by atoms with Crippen LogP contribution in [0.5, 0.6) is 5.75 Å². The number of halogens is 2. The number of rotatable bonds is 5. The molecule has 1 N–H and O–H groups in total. The smallest absolute Gasteiger partial charge is 0.133 e. The standard InChI is InChI=1S/C17H19BrClNO/c1-4-21-16-6-5-12(10-15(16)18)17(20-3)13-7-11(2)8-14(19)9-13/h5-10,17,20H,4H2,1-3H3. The molecule has 0 aliphatic heterocycles. The lowest BCUT2D eigenvalue weighted by molar-refractivity contribution is 0.338. The third-order valence-corrected chi connectivity index (χ3v) is 4.11. The first-order chi connectivity index (χ1) is 10.0. The maximum absolute atomic E-state index is 6.18. The number of ether oxygens (including phenoxy) is 1. The van der Waals surface area contributed by atoms with Gasteiger partial charge in [-0.25, -0.2) is 0 Å². The van der Waals surface area contributed by atoms with Crippen LogP contribution in [0.15, 0.2) is 40.9 Å². The Balaban J connectivity index is 2.39. The Bertz CT molecular complexity index is 610. The minimum Gasteiger partial charge on any atom is -0.493 e. The van der Waals surface area contributed by atoms with E-state index in [0.717, 1.165) is 31.9 Å². The van der Waals surface area contributed by atoms with E-state index in [2.05, 4.69) is 46.4 Å². The van der Waals surface area contributed by atoms with Crippen molar-refractivity contribution in [3.05, 3.63) is 62.6 Å². The Morgan fingerprint density at radius 1 is 1.19 bits per heavy atom. The van der Waals surface area contributed by atoms with Crippen LogP contribution in [0.1, 0.15) is 29.7 Å². The number of benzene rings is 2. The number of aryl methyl sites for hydroxylation is 1. The van der Waals surface area contributed by atoms with Gasteiger partial charge in [-0.15, -0.1) is 0 Å². The first kappa shape index (κ1) is 16.3. The molecule has 1 atom stereocenters. The Morgan fingerprint density at radius 3 is 2.52 bits per heavy atom. The van der Waals surface area contributed by atoms with Crippen LogP contribution in [0, 0.1) is 6.92 Å². The van der Waals surface area contributed by atoms with Gasteiger partial charge in [0, 0.05) is 5.02 Å². The van der Waals surface area contributed by atoms with Crippen LogP contribution in [-0.2, 0) is 0 Å². The van der Waals surface area contributed by atoms with E-state index >= 15 is 0 Å². The minimum atomic E-state index is 0.0920. The molecule has 0 amide bonds. The first-order valence-electron chi connectivity index (χ1n) is 6.91. The van der Waals surface area contributed by atoms with Crippen molar-refractivity contribution in [1.82, 2.24) is 5.32 Å². The van der Waals surface area contributed by atoms with Gasteiger partial charge in [0.05, 0.1) is 17.1 Å². The van der Waals surface area contributed by atoms with Gasteiger partial charge in [-0.3, -0.25) is 0 Å². The van der Waals surface area contributed by atoms with Crippen LogP contribution in [0.3, 0.4) is 0 Å². The van der Waals surface area contributed by atoms with Crippen LogP contribution >= 0.6 is 27.5 Å². The van der Waals surface area contributed by atoms with Gasteiger partial charge in [0.2, 0.25) is 0 Å². The molecule has 0 bridgehead atoms. The summed E-state index contributed by atoms with van der Waals surface area (Å²) in [6.45, 7) is 4.68. The number of nitrogens with one attached hydrogen (secondary N) is 1. The summed E-state index contributed by atoms with van der Waals surface area (Å²) >= 11 is 9.75. The Morgan fingerprint density at radius 2 is 1.95 bits per heavy atom. The fourth-order valence-corrected chi connectivity index (χ4v) is 3.24. The van der Waals surface area contributed by atoms with Gasteiger partial charge >= 0.3 is 0 Å². The topological polar surface area (TPSA) is 21.3 Å². The molecule has 4 heteroatoms. The summed E-state index contributed by atoms with van der Waals surface area (Å²) in [5, 5.41) is 4.11. The monoisotopic (exact) mass is 367 g/mol. The largest absolute Gasteiger partial charge is 0.493 e. The van der Waals surface area contributed by atoms with Crippen molar-refractivity contribution in [2.75, 3.05) is 13.7 Å². The van der Waals surface area contributed by atoms with Crippen LogP contribution in [0.2, 0.25) is 5.02 Å². The number of hydrogen-bond acceptors (Lipinski definition) is 2. The van der Waals surface area contributed by atoms with E-state index in [1.807, 2.05) is 32.2 Å². The summed E-state index contributed by atoms with van der Waals surface area (Å²) < 4.78 is 6.52. The van der Waals surface area contributed by atoms with Crippen molar-refractivity contribution in [2.45, 2.75) is 19.9 Å². The molecule has 0 aliphatic carbocycles. The van der Waals surface area contributed by atoms with Gasteiger partial charge in [-0.2, -0.15) is 0 Å². The summed E-state index contributed by atoms with van der Waals surface area (Å²) in [6.07, 6.45) is 0. The summed E-state index contributed by atoms with van der Waals surface area (Å²) in [5.41, 5.74) is 3.47. The molecule has 0 saturated carbocycles. The summed E-state index contributed by atoms with van der Waals surface area (Å²) in [6, 6.07) is 12.4. The molecule has 0 aromatic heterocycles. The second-order valence-corrected chi connectivity index (χ2v) is 6.20. The molecule has 2 nitrogen and oxygen atoms in total. The van der Waals surface area contributed by atoms with E-state index < -0.39 is 0 Å². The molecular formula is C17H19BrClNO. The second-order valence-electron chi connectivity index (χ2n) is 4.91. The van der Waals surface area contributed by atoms with E-state index in [1.165, 1.54) is 0 Å². The quantitative estimate of drug-likeness (QED) is 0.791. The van der Waals surface area contributed by atoms with Crippen LogP contribution in [0.4, 0.5) is 0 Å². The summed E-state index contributed by atoms with van der Waals surface area (Å²) in [4.78, 5) is 0. The predicted octanol–water partition coefficient (Wildman–Crippen LogP) is 5.12. The molecule has 2 aromatic carbocycles. The van der Waals surface area contributed by atoms with Gasteiger partial charge in [0.15, 0.2) is 0 Å². The predicted molar refractivity (Wildman–Crippen MR) is 92.4 cm³/mol. The van der Waals surface area contributed by atoms with Crippen molar-refractivity contribution in [1.29, 1.82) is 0 Å². The lowest BCUT2D eigenvalue weighted by Crippen LogP contribution is -2.17. The highest BCUT2D eigenvalue weighted by molar-refractivity contribution is 9.10. The number of hydrogen-bond donors (Lipinski definition) is 1. The van der Waals surface area contributed by atoms with E-state index in [0.29, 0.717) is 6.61 Å². The van der Waals surface area contributed by atoms with E-state index in [9.17, 15) is 0 Å². The average molecular weight is 369 g/mol. The van der Waals surface area contributed by atoms with Gasteiger partial charge in [-0.05, 0) is 77.8 Å². The highest BCUT2D eigenvalue weighted by Crippen LogP contribution is 2.31. The zero-order chi connectivity index (χ0) is 15.4. The van der Waals surface area contributed by atoms with Crippen LogP contribution < -0.4 is 10.1 Å². The first-order valence-corrected chi connectivity index (χ1v) is 8.08. The van der Waals surface area contributed by atoms with Gasteiger partial charge in [0.1, 0.15) is 5.75 Å². The fraction of sp³-hybridized carbons (Fsp3) is 0.294. The lowest BCUT2D eigenvalue weighted by Gasteiger charge is -2.19. The molecule has 0 fully saturated rings. The Labute approximate surface area is 139 Å². The van der Waals surface area contributed by atoms with E-state index in [4.69, 9.17) is 16.3 Å². The van der Waals surface area contributed by atoms with Crippen molar-refractivity contribution < 1.29 is 4.74 Å². The molecule has 2 rings (SSSR count). The van der Waals surface area contributed by atoms with Crippen LogP contribution in [-0.4, -0.2) is 13.7 Å². The van der Waals surface area contributed by atoms with E-state index in [-0.39, 0.29) is 6.04 Å². The molecule has 0 saturated heterocycles. The van der Waals surface area contributed by atoms with Gasteiger partial charge in [0.25, 0.3) is 0 Å². The zero-order valence-electron chi connectivity index (χ0n) is 12.4. The van der Waals surface area contributed by atoms with Gasteiger partial charge in [-0.1, -0.05) is 23.7 Å². The third-order valence-electron chi connectivity index (χ3n) is 3.28. The van der Waals surface area contributed by atoms with Crippen molar-refractivity contribution in [2.24, 2.45) is 0 Å². The van der Waals surface area contributed by atoms with E-state index in [1.54, 1.807) is 0 Å². The molecule has 112 valence electrons. The molecule has 21 heavy (non-hydrogen) atoms. The highest BCUT2D eigenvalue weighted by Gasteiger charge is 2.14. The zero-order valence-corrected chi connectivity index (χ0v) is 14.8. The SMILES string of the molecule is CCOc1ccc(C(NC)c2cc(C)cc(Cl)c2)cc1Br. The molecule has 1 unspecified atom stereocenters. The lowest BCUT2D eigenvalue weighted by atomic mass is 9.97. The summed E-state index contributed by atoms with van der Waals surface area (Å²) in [7, 11) is 1.95. The van der Waals surface area contributed by atoms with Crippen LogP contribution in [0.25, 0.3) is 0 Å². The molecule has 0 heterocycles. The molecular weight excluding hydrogens is 350 g/mol. The van der Waals surface area contributed by atoms with Crippen molar-refractivity contribution >= 4 is 27.5 Å². The van der Waals surface area contributed by atoms with Crippen molar-refractivity contribution in [3.8, 4) is 5.75 Å². The fourth-order valence-electron chi connectivity index (χ4n) is 2.43. The molecule has 0 spiro atoms. The molecule has 0 aliphatic rings. The van der Waals surface area contributed by atoms with Crippen molar-refractivity contribution in [3.63, 3.8) is 0 Å². The Kier molecular flexibility index (Phi) is 5.68.